The molecular formula is C13H22B. The molecule has 4 atom stereocenters. The molecule has 3 aliphatic rings. The van der Waals surface area contributed by atoms with Crippen LogP contribution in [0.5, 0.6) is 0 Å². The molecule has 0 saturated heterocycles. The van der Waals surface area contributed by atoms with Crippen LogP contribution >= 0.6 is 0 Å². The molecule has 2 bridgehead atoms. The zero-order valence-electron chi connectivity index (χ0n) is 9.79. The molecule has 14 heavy (non-hydrogen) atoms. The molecule has 0 aliphatic heterocycles. The lowest BCUT2D eigenvalue weighted by Crippen LogP contribution is -2.54. The SMILES string of the molecule is C=CC[B][C@H]1C[C@H]2C[C@@H](C1C)C2(C)C. The second kappa shape index (κ2) is 3.43. The standard InChI is InChI=1S/C13H22B/c1-5-6-14-12-8-10-7-11(9(12)2)13(10,3)4/h5,9-12H,1,6-8H2,2-4H3/t9?,10-,11+,12+/m1/s1. The highest BCUT2D eigenvalue weighted by Crippen LogP contribution is 2.64. The van der Waals surface area contributed by atoms with E-state index in [4.69, 9.17) is 0 Å². The largest absolute Gasteiger partial charge is 0.118 e. The van der Waals surface area contributed by atoms with Gasteiger partial charge in [-0.1, -0.05) is 45.4 Å². The van der Waals surface area contributed by atoms with Crippen LogP contribution in [0.4, 0.5) is 0 Å². The molecule has 3 aliphatic carbocycles. The molecule has 1 unspecified atom stereocenters. The Balaban J connectivity index is 1.97. The highest BCUT2D eigenvalue weighted by Gasteiger charge is 2.55. The van der Waals surface area contributed by atoms with E-state index in [0.717, 1.165) is 29.9 Å². The Kier molecular flexibility index (Phi) is 2.53. The second-order valence-electron chi connectivity index (χ2n) is 5.88. The molecule has 0 spiro atoms. The van der Waals surface area contributed by atoms with E-state index in [0.29, 0.717) is 5.41 Å². The lowest BCUT2D eigenvalue weighted by molar-refractivity contribution is -0.0985. The van der Waals surface area contributed by atoms with Crippen molar-refractivity contribution in [3.8, 4) is 0 Å². The Morgan fingerprint density at radius 1 is 1.43 bits per heavy atom. The van der Waals surface area contributed by atoms with Gasteiger partial charge in [-0.15, -0.1) is 6.58 Å². The summed E-state index contributed by atoms with van der Waals surface area (Å²) in [5.74, 6) is 3.74. The Bertz CT molecular complexity index is 231. The van der Waals surface area contributed by atoms with Gasteiger partial charge in [0.05, 0.1) is 0 Å². The summed E-state index contributed by atoms with van der Waals surface area (Å²) in [7, 11) is 2.49. The van der Waals surface area contributed by atoms with Gasteiger partial charge in [-0.2, -0.15) is 0 Å². The molecule has 0 aromatic rings. The van der Waals surface area contributed by atoms with Crippen LogP contribution in [0.1, 0.15) is 33.6 Å². The number of hydrogen-bond acceptors (Lipinski definition) is 0. The summed E-state index contributed by atoms with van der Waals surface area (Å²) in [5.41, 5.74) is 0.637. The quantitative estimate of drug-likeness (QED) is 0.468. The monoisotopic (exact) mass is 189 g/mol. The van der Waals surface area contributed by atoms with E-state index in [1.807, 2.05) is 6.08 Å². The highest BCUT2D eigenvalue weighted by molar-refractivity contribution is 6.38. The molecule has 3 fully saturated rings. The fourth-order valence-electron chi connectivity index (χ4n) is 3.77. The smallest absolute Gasteiger partial charge is 0.104 e. The fraction of sp³-hybridized carbons (Fsp3) is 0.846. The van der Waals surface area contributed by atoms with Gasteiger partial charge in [0.1, 0.15) is 7.28 Å². The highest BCUT2D eigenvalue weighted by atomic mass is 14.6. The molecule has 0 aromatic carbocycles. The first-order chi connectivity index (χ1) is 6.57. The summed E-state index contributed by atoms with van der Waals surface area (Å²) < 4.78 is 0. The van der Waals surface area contributed by atoms with Gasteiger partial charge in [0.25, 0.3) is 0 Å². The summed E-state index contributed by atoms with van der Waals surface area (Å²) >= 11 is 0. The van der Waals surface area contributed by atoms with Crippen LogP contribution in [-0.4, -0.2) is 7.28 Å². The van der Waals surface area contributed by atoms with Crippen molar-refractivity contribution in [3.05, 3.63) is 12.7 Å². The predicted molar refractivity (Wildman–Crippen MR) is 63.7 cm³/mol. The average molecular weight is 189 g/mol. The minimum atomic E-state index is 0.637. The van der Waals surface area contributed by atoms with Crippen molar-refractivity contribution >= 4 is 7.28 Å². The molecule has 0 amide bonds. The molecule has 0 aromatic heterocycles. The molecule has 1 heteroatoms. The van der Waals surface area contributed by atoms with Gasteiger partial charge < -0.3 is 0 Å². The lowest BCUT2D eigenvalue weighted by atomic mass is 9.37. The van der Waals surface area contributed by atoms with Crippen LogP contribution in [0.3, 0.4) is 0 Å². The Morgan fingerprint density at radius 3 is 2.64 bits per heavy atom. The van der Waals surface area contributed by atoms with Crippen LogP contribution < -0.4 is 0 Å². The van der Waals surface area contributed by atoms with E-state index in [1.165, 1.54) is 12.8 Å². The van der Waals surface area contributed by atoms with Crippen molar-refractivity contribution < 1.29 is 0 Å². The van der Waals surface area contributed by atoms with E-state index in [2.05, 4.69) is 34.6 Å². The summed E-state index contributed by atoms with van der Waals surface area (Å²) in [6.07, 6.45) is 6.04. The zero-order valence-corrected chi connectivity index (χ0v) is 9.79. The van der Waals surface area contributed by atoms with Crippen LogP contribution in [0.15, 0.2) is 12.7 Å². The van der Waals surface area contributed by atoms with E-state index in [1.54, 1.807) is 0 Å². The van der Waals surface area contributed by atoms with Crippen molar-refractivity contribution in [2.24, 2.45) is 23.2 Å². The number of hydrogen-bond donors (Lipinski definition) is 0. The van der Waals surface area contributed by atoms with Gasteiger partial charge >= 0.3 is 0 Å². The third-order valence-corrected chi connectivity index (χ3v) is 5.02. The summed E-state index contributed by atoms with van der Waals surface area (Å²) in [6.45, 7) is 11.2. The van der Waals surface area contributed by atoms with Crippen LogP contribution in [-0.2, 0) is 0 Å². The minimum absolute atomic E-state index is 0.637. The molecular weight excluding hydrogens is 167 g/mol. The molecule has 3 saturated carbocycles. The van der Waals surface area contributed by atoms with Crippen LogP contribution in [0.25, 0.3) is 0 Å². The Morgan fingerprint density at radius 2 is 2.14 bits per heavy atom. The first kappa shape index (κ1) is 10.3. The number of rotatable bonds is 3. The first-order valence-electron chi connectivity index (χ1n) is 6.01. The normalized spacial score (nSPS) is 43.9. The molecule has 77 valence electrons. The van der Waals surface area contributed by atoms with Crippen molar-refractivity contribution in [3.63, 3.8) is 0 Å². The maximum atomic E-state index is 3.80. The van der Waals surface area contributed by atoms with Gasteiger partial charge in [-0.3, -0.25) is 0 Å². The number of fused-ring (bicyclic) bond motifs is 2. The number of allylic oxidation sites excluding steroid dienone is 1. The lowest BCUT2D eigenvalue weighted by Gasteiger charge is -2.62. The summed E-state index contributed by atoms with van der Waals surface area (Å²) in [4.78, 5) is 0. The molecule has 0 N–H and O–H groups in total. The first-order valence-corrected chi connectivity index (χ1v) is 6.01. The van der Waals surface area contributed by atoms with E-state index in [9.17, 15) is 0 Å². The topological polar surface area (TPSA) is 0 Å². The van der Waals surface area contributed by atoms with E-state index < -0.39 is 0 Å². The maximum Gasteiger partial charge on any atom is 0.118 e. The fourth-order valence-corrected chi connectivity index (χ4v) is 3.77. The van der Waals surface area contributed by atoms with Crippen molar-refractivity contribution in [2.45, 2.75) is 45.8 Å². The molecule has 0 nitrogen and oxygen atoms in total. The van der Waals surface area contributed by atoms with Crippen molar-refractivity contribution in [1.82, 2.24) is 0 Å². The average Bonchev–Trinajstić information content (AvgIpc) is 2.15. The van der Waals surface area contributed by atoms with E-state index in [-0.39, 0.29) is 0 Å². The van der Waals surface area contributed by atoms with Crippen LogP contribution in [0, 0.1) is 23.2 Å². The molecule has 1 radical (unpaired) electrons. The molecule has 3 rings (SSSR count). The maximum absolute atomic E-state index is 3.80. The van der Waals surface area contributed by atoms with Crippen LogP contribution in [0.2, 0.25) is 12.1 Å². The third-order valence-electron chi connectivity index (χ3n) is 5.02. The van der Waals surface area contributed by atoms with Crippen molar-refractivity contribution in [2.75, 3.05) is 0 Å². The zero-order chi connectivity index (χ0) is 10.3. The van der Waals surface area contributed by atoms with Crippen molar-refractivity contribution in [1.29, 1.82) is 0 Å². The Labute approximate surface area is 89.4 Å². The third kappa shape index (κ3) is 1.36. The molecule has 0 heterocycles. The minimum Gasteiger partial charge on any atom is -0.104 e. The van der Waals surface area contributed by atoms with Gasteiger partial charge in [-0.05, 0) is 29.6 Å². The summed E-state index contributed by atoms with van der Waals surface area (Å²) in [6, 6.07) is 0. The second-order valence-corrected chi connectivity index (χ2v) is 5.88. The summed E-state index contributed by atoms with van der Waals surface area (Å²) in [5, 5.41) is 0. The predicted octanol–water partition coefficient (Wildman–Crippen LogP) is 3.79. The van der Waals surface area contributed by atoms with Gasteiger partial charge in [0, 0.05) is 0 Å². The van der Waals surface area contributed by atoms with Gasteiger partial charge in [-0.25, -0.2) is 0 Å². The van der Waals surface area contributed by atoms with E-state index >= 15 is 0 Å². The van der Waals surface area contributed by atoms with Gasteiger partial charge in [0.15, 0.2) is 0 Å². The van der Waals surface area contributed by atoms with Gasteiger partial charge in [0.2, 0.25) is 0 Å². The Hall–Kier alpha value is -0.195.